The highest BCUT2D eigenvalue weighted by atomic mass is 16.6. The van der Waals surface area contributed by atoms with Crippen LogP contribution in [-0.4, -0.2) is 64.8 Å². The Kier molecular flexibility index (Phi) is 13.4. The first kappa shape index (κ1) is 35.9. The van der Waals surface area contributed by atoms with E-state index in [1.165, 1.54) is 6.08 Å². The van der Waals surface area contributed by atoms with Crippen molar-refractivity contribution in [1.82, 2.24) is 20.9 Å². The van der Waals surface area contributed by atoms with Gasteiger partial charge >= 0.3 is 12.1 Å². The number of hydrogen-bond acceptors (Lipinski definition) is 7. The van der Waals surface area contributed by atoms with Crippen LogP contribution in [0.4, 0.5) is 4.79 Å². The molecule has 11 nitrogen and oxygen atoms in total. The van der Waals surface area contributed by atoms with E-state index in [2.05, 4.69) is 34.1 Å². The molecule has 0 saturated heterocycles. The van der Waals surface area contributed by atoms with Gasteiger partial charge in [-0.1, -0.05) is 73.5 Å². The number of aliphatic hydroxyl groups is 1. The molecule has 11 heteroatoms. The fourth-order valence-corrected chi connectivity index (χ4v) is 6.04. The predicted molar refractivity (Wildman–Crippen MR) is 183 cm³/mol. The zero-order valence-corrected chi connectivity index (χ0v) is 27.2. The number of rotatable bonds is 18. The average molecular weight is 659 g/mol. The number of benzene rings is 2. The molecule has 0 unspecified atom stereocenters. The second-order valence-electron chi connectivity index (χ2n) is 12.3. The number of hydrogen-bond donors (Lipinski definition) is 5. The Morgan fingerprint density at radius 2 is 1.65 bits per heavy atom. The number of para-hydroxylation sites is 1. The van der Waals surface area contributed by atoms with E-state index in [4.69, 9.17) is 9.47 Å². The van der Waals surface area contributed by atoms with Gasteiger partial charge in [0.25, 0.3) is 0 Å². The lowest BCUT2D eigenvalue weighted by atomic mass is 9.95. The topological polar surface area (TPSA) is 159 Å². The summed E-state index contributed by atoms with van der Waals surface area (Å²) in [5.74, 6) is -2.14. The van der Waals surface area contributed by atoms with Crippen molar-refractivity contribution in [2.75, 3.05) is 13.2 Å². The lowest BCUT2D eigenvalue weighted by Gasteiger charge is -2.29. The standard InChI is InChI=1S/C37H46N4O7/c1-3-12-27(21-33(43)41-37(25-42)18-10-11-19-37)34(44)39-29(20-28-22-38-31-17-9-8-16-30(28)31)24-47-35(45)32(13-4-2)40-36(46)48-23-26-14-6-5-7-15-26/h3-9,14-17,22,27,29,32,38,42H,1-2,10-13,18-21,23-25H2,(H,39,44)(H,40,46)(H,41,43)/t27-,29+,32-/m1/s1. The van der Waals surface area contributed by atoms with E-state index in [9.17, 15) is 24.3 Å². The second-order valence-corrected chi connectivity index (χ2v) is 12.3. The van der Waals surface area contributed by atoms with E-state index in [1.807, 2.05) is 60.8 Å². The molecule has 4 rings (SSSR count). The number of H-pyrrole nitrogens is 1. The van der Waals surface area contributed by atoms with Gasteiger partial charge in [-0.25, -0.2) is 9.59 Å². The molecule has 1 aliphatic rings. The van der Waals surface area contributed by atoms with Gasteiger partial charge in [0.15, 0.2) is 0 Å². The van der Waals surface area contributed by atoms with Crippen molar-refractivity contribution in [2.45, 2.75) is 75.6 Å². The smallest absolute Gasteiger partial charge is 0.408 e. The molecule has 0 aliphatic heterocycles. The summed E-state index contributed by atoms with van der Waals surface area (Å²) in [7, 11) is 0. The Labute approximate surface area is 281 Å². The maximum atomic E-state index is 13.6. The minimum Gasteiger partial charge on any atom is -0.462 e. The molecule has 1 aliphatic carbocycles. The Balaban J connectivity index is 1.43. The molecular weight excluding hydrogens is 612 g/mol. The average Bonchev–Trinajstić information content (AvgIpc) is 3.73. The number of aromatic nitrogens is 1. The minimum absolute atomic E-state index is 0.0339. The van der Waals surface area contributed by atoms with Gasteiger partial charge in [0, 0.05) is 23.5 Å². The number of carbonyl (C=O) groups excluding carboxylic acids is 4. The molecule has 1 fully saturated rings. The molecular formula is C37H46N4O7. The third-order valence-electron chi connectivity index (χ3n) is 8.63. The summed E-state index contributed by atoms with van der Waals surface area (Å²) < 4.78 is 10.9. The zero-order chi connectivity index (χ0) is 34.4. The third-order valence-corrected chi connectivity index (χ3v) is 8.63. The van der Waals surface area contributed by atoms with Crippen LogP contribution in [0.5, 0.6) is 0 Å². The summed E-state index contributed by atoms with van der Waals surface area (Å²) in [5.41, 5.74) is 1.97. The van der Waals surface area contributed by atoms with E-state index < -0.39 is 35.6 Å². The molecule has 1 aromatic heterocycles. The van der Waals surface area contributed by atoms with Crippen LogP contribution in [0.2, 0.25) is 0 Å². The largest absolute Gasteiger partial charge is 0.462 e. The molecule has 48 heavy (non-hydrogen) atoms. The van der Waals surface area contributed by atoms with Crippen LogP contribution in [0.25, 0.3) is 10.9 Å². The maximum Gasteiger partial charge on any atom is 0.408 e. The Morgan fingerprint density at radius 3 is 2.35 bits per heavy atom. The van der Waals surface area contributed by atoms with Gasteiger partial charge in [0.1, 0.15) is 19.3 Å². The highest BCUT2D eigenvalue weighted by Crippen LogP contribution is 2.29. The number of alkyl carbamates (subject to hydrolysis) is 1. The molecule has 3 aromatic rings. The van der Waals surface area contributed by atoms with Crippen LogP contribution in [-0.2, 0) is 36.9 Å². The van der Waals surface area contributed by atoms with Crippen molar-refractivity contribution in [1.29, 1.82) is 0 Å². The van der Waals surface area contributed by atoms with E-state index in [0.717, 1.165) is 34.9 Å². The molecule has 1 saturated carbocycles. The first-order valence-corrected chi connectivity index (χ1v) is 16.4. The van der Waals surface area contributed by atoms with Crippen molar-refractivity contribution in [2.24, 2.45) is 5.92 Å². The molecule has 1 heterocycles. The van der Waals surface area contributed by atoms with Crippen molar-refractivity contribution < 1.29 is 33.8 Å². The van der Waals surface area contributed by atoms with Crippen LogP contribution in [0.15, 0.2) is 86.1 Å². The molecule has 0 bridgehead atoms. The third kappa shape index (κ3) is 10.3. The van der Waals surface area contributed by atoms with E-state index in [-0.39, 0.29) is 50.9 Å². The number of aromatic amines is 1. The Morgan fingerprint density at radius 1 is 0.938 bits per heavy atom. The van der Waals surface area contributed by atoms with Gasteiger partial charge in [0.05, 0.1) is 24.1 Å². The lowest BCUT2D eigenvalue weighted by molar-refractivity contribution is -0.147. The fourth-order valence-electron chi connectivity index (χ4n) is 6.04. The lowest BCUT2D eigenvalue weighted by Crippen LogP contribution is -2.50. The summed E-state index contributed by atoms with van der Waals surface area (Å²) in [6.07, 6.45) is 7.96. The maximum absolute atomic E-state index is 13.6. The van der Waals surface area contributed by atoms with Gasteiger partial charge in [-0.15, -0.1) is 13.2 Å². The minimum atomic E-state index is -1.05. The van der Waals surface area contributed by atoms with Crippen molar-refractivity contribution in [3.63, 3.8) is 0 Å². The number of nitrogens with one attached hydrogen (secondary N) is 4. The summed E-state index contributed by atoms with van der Waals surface area (Å²) in [5, 5.41) is 19.4. The summed E-state index contributed by atoms with van der Waals surface area (Å²) in [4.78, 5) is 55.6. The van der Waals surface area contributed by atoms with Crippen LogP contribution in [0.3, 0.4) is 0 Å². The van der Waals surface area contributed by atoms with Gasteiger partial charge in [0.2, 0.25) is 11.8 Å². The van der Waals surface area contributed by atoms with Gasteiger partial charge < -0.3 is 35.5 Å². The van der Waals surface area contributed by atoms with Crippen molar-refractivity contribution >= 4 is 34.8 Å². The molecule has 3 atom stereocenters. The molecule has 256 valence electrons. The predicted octanol–water partition coefficient (Wildman–Crippen LogP) is 4.61. The molecule has 0 radical (unpaired) electrons. The number of allylic oxidation sites excluding steroid dienone is 1. The summed E-state index contributed by atoms with van der Waals surface area (Å²) >= 11 is 0. The molecule has 2 aromatic carbocycles. The highest BCUT2D eigenvalue weighted by molar-refractivity contribution is 5.87. The summed E-state index contributed by atoms with van der Waals surface area (Å²) in [6, 6.07) is 15.2. The highest BCUT2D eigenvalue weighted by Gasteiger charge is 2.36. The monoisotopic (exact) mass is 658 g/mol. The van der Waals surface area contributed by atoms with Gasteiger partial charge in [-0.3, -0.25) is 9.59 Å². The summed E-state index contributed by atoms with van der Waals surface area (Å²) in [6.45, 7) is 7.14. The van der Waals surface area contributed by atoms with Crippen molar-refractivity contribution in [3.8, 4) is 0 Å². The quantitative estimate of drug-likeness (QED) is 0.0986. The number of ether oxygens (including phenoxy) is 2. The van der Waals surface area contributed by atoms with Crippen LogP contribution >= 0.6 is 0 Å². The van der Waals surface area contributed by atoms with Crippen LogP contribution in [0.1, 0.15) is 56.1 Å². The molecule has 5 N–H and O–H groups in total. The fraction of sp³-hybridized carbons (Fsp3) is 0.405. The van der Waals surface area contributed by atoms with E-state index >= 15 is 0 Å². The van der Waals surface area contributed by atoms with E-state index in [1.54, 1.807) is 6.08 Å². The second kappa shape index (κ2) is 17.9. The number of fused-ring (bicyclic) bond motifs is 1. The van der Waals surface area contributed by atoms with Crippen LogP contribution < -0.4 is 16.0 Å². The van der Waals surface area contributed by atoms with Crippen LogP contribution in [0, 0.1) is 5.92 Å². The normalized spacial score (nSPS) is 15.4. The first-order valence-electron chi connectivity index (χ1n) is 16.4. The Bertz CT molecular complexity index is 1550. The van der Waals surface area contributed by atoms with E-state index in [0.29, 0.717) is 19.3 Å². The number of carbonyl (C=O) groups is 4. The van der Waals surface area contributed by atoms with Gasteiger partial charge in [-0.05, 0) is 49.3 Å². The molecule has 0 spiro atoms. The number of aliphatic hydroxyl groups excluding tert-OH is 1. The zero-order valence-electron chi connectivity index (χ0n) is 27.2. The number of amides is 3. The molecule has 3 amide bonds. The first-order chi connectivity index (χ1) is 23.3. The number of esters is 1. The van der Waals surface area contributed by atoms with Gasteiger partial charge in [-0.2, -0.15) is 0 Å². The SMILES string of the molecule is C=CC[C@H](CC(=O)NC1(CO)CCCC1)C(=O)N[C@H](COC(=O)[C@@H](CC=C)NC(=O)OCc1ccccc1)Cc1c[nH]c2ccccc12. The Hall–Kier alpha value is -4.90. The van der Waals surface area contributed by atoms with Crippen molar-refractivity contribution in [3.05, 3.63) is 97.2 Å².